The third kappa shape index (κ3) is 2.27. The Morgan fingerprint density at radius 3 is 1.93 bits per heavy atom. The Kier molecular flexibility index (Phi) is 3.84. The van der Waals surface area contributed by atoms with Gasteiger partial charge in [0.1, 0.15) is 12.6 Å². The summed E-state index contributed by atoms with van der Waals surface area (Å²) in [4.78, 5) is 41.9. The topological polar surface area (TPSA) is 66.9 Å². The van der Waals surface area contributed by atoms with E-state index in [0.717, 1.165) is 11.1 Å². The largest absolute Gasteiger partial charge is 0.462 e. The fraction of sp³-hybridized carbons (Fsp3) is 0.318. The van der Waals surface area contributed by atoms with Gasteiger partial charge >= 0.3 is 5.97 Å². The average Bonchev–Trinajstić information content (AvgIpc) is 3.19. The van der Waals surface area contributed by atoms with Crippen LogP contribution in [0.4, 0.5) is 0 Å². The lowest BCUT2D eigenvalue weighted by Crippen LogP contribution is -2.52. The molecule has 0 aromatic heterocycles. The van der Waals surface area contributed by atoms with E-state index in [1.54, 1.807) is 0 Å². The lowest BCUT2D eigenvalue weighted by Gasteiger charge is -2.41. The zero-order chi connectivity index (χ0) is 19.4. The molecule has 28 heavy (non-hydrogen) atoms. The lowest BCUT2D eigenvalue weighted by atomic mass is 9.86. The number of likely N-dealkylation sites (tertiary alicyclic amines) is 1. The second-order valence-electron chi connectivity index (χ2n) is 7.59. The van der Waals surface area contributed by atoms with Crippen LogP contribution in [0.5, 0.6) is 0 Å². The number of amides is 2. The molecule has 3 heterocycles. The fourth-order valence-corrected chi connectivity index (χ4v) is 5.03. The van der Waals surface area contributed by atoms with E-state index in [2.05, 4.69) is 4.90 Å². The van der Waals surface area contributed by atoms with Crippen molar-refractivity contribution < 1.29 is 19.1 Å². The highest BCUT2D eigenvalue weighted by atomic mass is 16.5. The predicted molar refractivity (Wildman–Crippen MR) is 99.7 cm³/mol. The molecule has 6 heteroatoms. The molecular formula is C22H20N2O4. The van der Waals surface area contributed by atoms with E-state index in [4.69, 9.17) is 4.74 Å². The molecule has 5 atom stereocenters. The number of carbonyl (C=O) groups is 3. The van der Waals surface area contributed by atoms with E-state index in [-0.39, 0.29) is 30.5 Å². The van der Waals surface area contributed by atoms with Crippen LogP contribution in [0, 0.1) is 11.8 Å². The van der Waals surface area contributed by atoms with E-state index in [1.807, 2.05) is 60.7 Å². The maximum absolute atomic E-state index is 13.0. The van der Waals surface area contributed by atoms with Gasteiger partial charge in [0.15, 0.2) is 0 Å². The molecule has 5 rings (SSSR count). The van der Waals surface area contributed by atoms with Gasteiger partial charge in [0.2, 0.25) is 11.8 Å². The first kappa shape index (κ1) is 17.1. The number of imide groups is 1. The number of rotatable bonds is 2. The summed E-state index contributed by atoms with van der Waals surface area (Å²) in [5.74, 6) is -2.23. The minimum atomic E-state index is -0.754. The Balaban J connectivity index is 1.69. The molecule has 142 valence electrons. The summed E-state index contributed by atoms with van der Waals surface area (Å²) < 4.78 is 5.51. The van der Waals surface area contributed by atoms with Gasteiger partial charge in [-0.25, -0.2) is 0 Å². The molecular weight excluding hydrogens is 356 g/mol. The number of morpholine rings is 1. The average molecular weight is 376 g/mol. The van der Waals surface area contributed by atoms with Crippen LogP contribution in [-0.2, 0) is 19.1 Å². The molecule has 0 radical (unpaired) electrons. The van der Waals surface area contributed by atoms with Gasteiger partial charge in [-0.15, -0.1) is 0 Å². The number of carbonyl (C=O) groups excluding carboxylic acids is 3. The maximum Gasteiger partial charge on any atom is 0.324 e. The Morgan fingerprint density at radius 1 is 0.786 bits per heavy atom. The van der Waals surface area contributed by atoms with Crippen molar-refractivity contribution in [3.63, 3.8) is 0 Å². The molecule has 6 nitrogen and oxygen atoms in total. The zero-order valence-corrected chi connectivity index (χ0v) is 15.4. The van der Waals surface area contributed by atoms with E-state index in [1.165, 1.54) is 11.9 Å². The molecule has 3 saturated heterocycles. The monoisotopic (exact) mass is 376 g/mol. The number of hydrogen-bond acceptors (Lipinski definition) is 5. The van der Waals surface area contributed by atoms with Crippen LogP contribution in [0.15, 0.2) is 60.7 Å². The van der Waals surface area contributed by atoms with Crippen LogP contribution in [0.3, 0.4) is 0 Å². The van der Waals surface area contributed by atoms with E-state index in [0.29, 0.717) is 0 Å². The van der Waals surface area contributed by atoms with Crippen molar-refractivity contribution >= 4 is 17.8 Å². The molecule has 0 bridgehead atoms. The smallest absolute Gasteiger partial charge is 0.324 e. The van der Waals surface area contributed by atoms with Gasteiger partial charge in [-0.1, -0.05) is 60.7 Å². The first-order valence-corrected chi connectivity index (χ1v) is 9.45. The lowest BCUT2D eigenvalue weighted by molar-refractivity contribution is -0.166. The van der Waals surface area contributed by atoms with Crippen molar-refractivity contribution in [3.05, 3.63) is 71.8 Å². The highest BCUT2D eigenvalue weighted by Gasteiger charge is 2.66. The fourth-order valence-electron chi connectivity index (χ4n) is 5.03. The molecule has 3 aliphatic heterocycles. The van der Waals surface area contributed by atoms with Crippen LogP contribution in [-0.4, -0.2) is 47.3 Å². The molecule has 0 N–H and O–H groups in total. The van der Waals surface area contributed by atoms with Crippen molar-refractivity contribution in [1.29, 1.82) is 0 Å². The van der Waals surface area contributed by atoms with E-state index in [9.17, 15) is 14.4 Å². The minimum Gasteiger partial charge on any atom is -0.462 e. The van der Waals surface area contributed by atoms with Gasteiger partial charge in [0.05, 0.1) is 17.9 Å². The summed E-state index contributed by atoms with van der Waals surface area (Å²) in [5, 5.41) is 0. The number of nitrogens with zero attached hydrogens (tertiary/aromatic N) is 2. The van der Waals surface area contributed by atoms with Crippen molar-refractivity contribution in [2.75, 3.05) is 13.7 Å². The summed E-state index contributed by atoms with van der Waals surface area (Å²) in [5.41, 5.74) is 1.95. The molecule has 2 aromatic carbocycles. The number of hydrogen-bond donors (Lipinski definition) is 0. The van der Waals surface area contributed by atoms with Gasteiger partial charge in [0.25, 0.3) is 0 Å². The third-order valence-electron chi connectivity index (χ3n) is 6.25. The Morgan fingerprint density at radius 2 is 1.32 bits per heavy atom. The van der Waals surface area contributed by atoms with Gasteiger partial charge in [-0.2, -0.15) is 0 Å². The number of cyclic esters (lactones) is 1. The summed E-state index contributed by atoms with van der Waals surface area (Å²) in [6.07, 6.45) is 0. The van der Waals surface area contributed by atoms with Crippen LogP contribution < -0.4 is 0 Å². The molecule has 0 unspecified atom stereocenters. The highest BCUT2D eigenvalue weighted by molar-refractivity contribution is 6.08. The normalized spacial score (nSPS) is 32.2. The maximum atomic E-state index is 13.0. The van der Waals surface area contributed by atoms with Gasteiger partial charge in [-0.05, 0) is 11.1 Å². The minimum absolute atomic E-state index is 0.203. The van der Waals surface area contributed by atoms with Crippen molar-refractivity contribution in [2.45, 2.75) is 18.1 Å². The van der Waals surface area contributed by atoms with Crippen molar-refractivity contribution in [1.82, 2.24) is 9.80 Å². The van der Waals surface area contributed by atoms with Crippen LogP contribution in [0.2, 0.25) is 0 Å². The first-order chi connectivity index (χ1) is 13.6. The van der Waals surface area contributed by atoms with Crippen molar-refractivity contribution in [3.8, 4) is 0 Å². The Labute approximate surface area is 162 Å². The predicted octanol–water partition coefficient (Wildman–Crippen LogP) is 1.94. The Bertz CT molecular complexity index is 946. The van der Waals surface area contributed by atoms with E-state index >= 15 is 0 Å². The van der Waals surface area contributed by atoms with E-state index < -0.39 is 23.8 Å². The summed E-state index contributed by atoms with van der Waals surface area (Å²) >= 11 is 0. The molecule has 3 aliphatic rings. The molecule has 2 amide bonds. The molecule has 0 spiro atoms. The molecule has 0 aliphatic carbocycles. The second kappa shape index (κ2) is 6.27. The summed E-state index contributed by atoms with van der Waals surface area (Å²) in [6, 6.07) is 18.2. The Hall–Kier alpha value is -2.99. The molecule has 3 fully saturated rings. The molecule has 2 aromatic rings. The quantitative estimate of drug-likeness (QED) is 0.592. The number of fused-ring (bicyclic) bond motifs is 3. The van der Waals surface area contributed by atoms with Crippen LogP contribution in [0.25, 0.3) is 0 Å². The number of benzene rings is 2. The van der Waals surface area contributed by atoms with Gasteiger partial charge < -0.3 is 4.74 Å². The third-order valence-corrected chi connectivity index (χ3v) is 6.25. The number of ether oxygens (including phenoxy) is 1. The zero-order valence-electron chi connectivity index (χ0n) is 15.4. The number of esters is 1. The standard InChI is InChI=1S/C22H20N2O4/c1-23-20(25)16-17(21(23)26)19-22(27)28-12-15(13-8-4-2-5-9-13)24(19)18(16)14-10-6-3-7-11-14/h2-11,15-19H,12H2,1H3/t15-,16+,17-,18-,19+/m0/s1. The summed E-state index contributed by atoms with van der Waals surface area (Å²) in [6.45, 7) is 0.209. The van der Waals surface area contributed by atoms with Gasteiger partial charge in [0, 0.05) is 13.1 Å². The first-order valence-electron chi connectivity index (χ1n) is 9.45. The van der Waals surface area contributed by atoms with Crippen molar-refractivity contribution in [2.24, 2.45) is 11.8 Å². The SMILES string of the molecule is CN1C(=O)[C@@H]2[C@H](C1=O)[C@@H]1C(=O)OC[C@@H](c3ccccc3)N1[C@H]2c1ccccc1. The summed E-state index contributed by atoms with van der Waals surface area (Å²) in [7, 11) is 1.50. The van der Waals surface area contributed by atoms with Crippen LogP contribution in [0.1, 0.15) is 23.2 Å². The second-order valence-corrected chi connectivity index (χ2v) is 7.59. The molecule has 0 saturated carbocycles. The highest BCUT2D eigenvalue weighted by Crippen LogP contribution is 2.54. The van der Waals surface area contributed by atoms with Gasteiger partial charge in [-0.3, -0.25) is 24.2 Å². The van der Waals surface area contributed by atoms with Crippen LogP contribution >= 0.6 is 0 Å².